The monoisotopic (exact) mass is 665 g/mol. The zero-order valence-corrected chi connectivity index (χ0v) is 22.0. The minimum Gasteiger partial charge on any atom is -0.478 e. The van der Waals surface area contributed by atoms with Gasteiger partial charge in [0.15, 0.2) is 5.82 Å². The summed E-state index contributed by atoms with van der Waals surface area (Å²) in [6, 6.07) is 8.58. The van der Waals surface area contributed by atoms with Gasteiger partial charge in [-0.3, -0.25) is 9.48 Å². The molecule has 1 saturated carbocycles. The lowest BCUT2D eigenvalue weighted by Gasteiger charge is -2.07. The van der Waals surface area contributed by atoms with Gasteiger partial charge in [0.25, 0.3) is 5.56 Å². The summed E-state index contributed by atoms with van der Waals surface area (Å²) in [5, 5.41) is 24.7. The molecule has 3 aromatic rings. The molecule has 0 unspecified atom stereocenters. The quantitative estimate of drug-likeness (QED) is 0.293. The summed E-state index contributed by atoms with van der Waals surface area (Å²) >= 11 is 4.38. The Bertz CT molecular complexity index is 1150. The first kappa shape index (κ1) is 25.5. The largest absolute Gasteiger partial charge is 0.478 e. The van der Waals surface area contributed by atoms with Crippen LogP contribution in [0.4, 0.5) is 11.5 Å². The lowest BCUT2D eigenvalue weighted by molar-refractivity contribution is 0.0696. The number of pyridine rings is 1. The Kier molecular flexibility index (Phi) is 10.1. The Morgan fingerprint density at radius 3 is 2.61 bits per heavy atom. The molecule has 0 radical (unpaired) electrons. The van der Waals surface area contributed by atoms with E-state index in [1.807, 2.05) is 10.7 Å². The van der Waals surface area contributed by atoms with Crippen LogP contribution in [0.1, 0.15) is 35.7 Å². The molecular weight excluding hydrogens is 644 g/mol. The summed E-state index contributed by atoms with van der Waals surface area (Å²) < 4.78 is 1.88. The van der Waals surface area contributed by atoms with Gasteiger partial charge < -0.3 is 15.4 Å². The fourth-order valence-corrected chi connectivity index (χ4v) is 3.03. The summed E-state index contributed by atoms with van der Waals surface area (Å²) in [5.41, 5.74) is 2.21. The van der Waals surface area contributed by atoms with Crippen LogP contribution in [0.25, 0.3) is 10.9 Å². The number of halogens is 2. The average molecular weight is 665 g/mol. The van der Waals surface area contributed by atoms with E-state index in [1.54, 1.807) is 43.5 Å². The number of fused-ring (bicyclic) bond motifs is 1. The number of H-pyrrole nitrogens is 1. The van der Waals surface area contributed by atoms with E-state index in [-0.39, 0.29) is 11.1 Å². The molecule has 0 spiro atoms. The van der Waals surface area contributed by atoms with Crippen molar-refractivity contribution in [3.63, 3.8) is 0 Å². The van der Waals surface area contributed by atoms with Crippen molar-refractivity contribution < 1.29 is 9.90 Å². The first-order valence-electron chi connectivity index (χ1n) is 9.25. The van der Waals surface area contributed by atoms with Crippen molar-refractivity contribution in [3.05, 3.63) is 51.9 Å². The number of aryl methyl sites for hydroxylation is 1. The van der Waals surface area contributed by atoms with Crippen LogP contribution in [0.5, 0.6) is 0 Å². The van der Waals surface area contributed by atoms with Crippen LogP contribution in [0, 0.1) is 24.2 Å². The summed E-state index contributed by atoms with van der Waals surface area (Å²) in [6.07, 6.45) is 5.72. The molecule has 2 aromatic heterocycles. The number of benzene rings is 1. The van der Waals surface area contributed by atoms with Crippen LogP contribution < -0.4 is 10.9 Å². The van der Waals surface area contributed by atoms with E-state index < -0.39 is 5.97 Å². The number of carboxylic acids is 1. The van der Waals surface area contributed by atoms with E-state index >= 15 is 0 Å². The number of nitriles is 1. The zero-order chi connectivity index (χ0) is 23.0. The third-order valence-electron chi connectivity index (χ3n) is 4.52. The Morgan fingerprint density at radius 2 is 2.06 bits per heavy atom. The number of aromatic amines is 1. The third-order valence-corrected chi connectivity index (χ3v) is 4.52. The predicted molar refractivity (Wildman–Crippen MR) is 141 cm³/mol. The molecule has 0 atom stereocenters. The molecule has 3 N–H and O–H groups in total. The maximum Gasteiger partial charge on any atom is 0.335 e. The molecule has 1 aliphatic rings. The van der Waals surface area contributed by atoms with Crippen molar-refractivity contribution in [2.24, 2.45) is 5.92 Å². The molecule has 4 rings (SSSR count). The van der Waals surface area contributed by atoms with E-state index in [4.69, 9.17) is 10.4 Å². The second kappa shape index (κ2) is 12.3. The summed E-state index contributed by atoms with van der Waals surface area (Å²) in [5.74, 6) is 0.159. The smallest absolute Gasteiger partial charge is 0.335 e. The minimum atomic E-state index is -0.959. The number of hydrogen-bond acceptors (Lipinski definition) is 6. The van der Waals surface area contributed by atoms with Crippen molar-refractivity contribution in [1.82, 2.24) is 14.8 Å². The molecule has 0 bridgehead atoms. The molecule has 11 heteroatoms. The van der Waals surface area contributed by atoms with Crippen LogP contribution in [0.15, 0.2) is 35.3 Å². The van der Waals surface area contributed by atoms with Crippen molar-refractivity contribution >= 4 is 76.9 Å². The second-order valence-electron chi connectivity index (χ2n) is 6.78. The number of carbonyl (C=O) groups is 1. The number of hydrogen-bond donors (Lipinski definition) is 3. The Morgan fingerprint density at radius 1 is 1.42 bits per heavy atom. The highest BCUT2D eigenvalue weighted by atomic mass is 127. The van der Waals surface area contributed by atoms with E-state index in [2.05, 4.69) is 57.8 Å². The lowest BCUT2D eigenvalue weighted by Crippen LogP contribution is -2.06. The van der Waals surface area contributed by atoms with Crippen LogP contribution in [-0.4, -0.2) is 25.8 Å². The average Bonchev–Trinajstić information content (AvgIpc) is 3.45. The number of aromatic nitrogens is 3. The number of rotatable bonds is 5. The third kappa shape index (κ3) is 7.11. The van der Waals surface area contributed by atoms with Gasteiger partial charge in [-0.1, -0.05) is 0 Å². The Labute approximate surface area is 208 Å². The normalized spacial score (nSPS) is 12.1. The maximum absolute atomic E-state index is 12.3. The van der Waals surface area contributed by atoms with Gasteiger partial charge in [0, 0.05) is 67.8 Å². The summed E-state index contributed by atoms with van der Waals surface area (Å²) in [7, 11) is 0. The molecule has 0 amide bonds. The number of nitrogens with one attached hydrogen (secondary N) is 2. The van der Waals surface area contributed by atoms with Gasteiger partial charge in [-0.15, -0.1) is 0 Å². The molecule has 8 nitrogen and oxygen atoms in total. The molecular formula is C20H21I2N5O3S. The highest BCUT2D eigenvalue weighted by molar-refractivity contribution is 14.3. The summed E-state index contributed by atoms with van der Waals surface area (Å²) in [4.78, 5) is 26.1. The van der Waals surface area contributed by atoms with Gasteiger partial charge >= 0.3 is 5.97 Å². The second-order valence-corrected chi connectivity index (χ2v) is 14.6. The Balaban J connectivity index is 0.000000513. The van der Waals surface area contributed by atoms with Crippen LogP contribution in [-0.2, 0) is 6.54 Å². The van der Waals surface area contributed by atoms with Gasteiger partial charge in [0.05, 0.1) is 17.1 Å². The van der Waals surface area contributed by atoms with E-state index in [0.29, 0.717) is 28.4 Å². The molecule has 1 aromatic carbocycles. The highest BCUT2D eigenvalue weighted by Crippen LogP contribution is 2.32. The van der Waals surface area contributed by atoms with E-state index in [0.717, 1.165) is 12.1 Å². The minimum absolute atomic E-state index is 0.194. The number of anilines is 2. The van der Waals surface area contributed by atoms with Gasteiger partial charge in [0.1, 0.15) is 5.39 Å². The van der Waals surface area contributed by atoms with Crippen molar-refractivity contribution in [1.29, 1.82) is 5.26 Å². The van der Waals surface area contributed by atoms with Gasteiger partial charge in [-0.25, -0.2) is 4.79 Å². The predicted octanol–water partition coefficient (Wildman–Crippen LogP) is 5.83. The van der Waals surface area contributed by atoms with E-state index in [1.165, 1.54) is 19.8 Å². The van der Waals surface area contributed by atoms with Crippen molar-refractivity contribution in [2.75, 3.05) is 5.32 Å². The van der Waals surface area contributed by atoms with Crippen LogP contribution >= 0.6 is 48.5 Å². The van der Waals surface area contributed by atoms with Crippen molar-refractivity contribution in [3.8, 4) is 6.07 Å². The molecule has 1 fully saturated rings. The molecule has 2 heterocycles. The molecule has 0 aliphatic heterocycles. The molecule has 31 heavy (non-hydrogen) atoms. The molecule has 164 valence electrons. The van der Waals surface area contributed by atoms with Gasteiger partial charge in [-0.2, -0.15) is 10.4 Å². The SMILES string of the molecule is CC#N.Cc1cc(Nc2nn(CC3CC3)c3cc[nH]c(=O)c23)ccc1C(=O)O.ISI. The Hall–Kier alpha value is -1.79. The number of carboxylic acid groups (broad SMARTS) is 1. The fourth-order valence-electron chi connectivity index (χ4n) is 3.03. The summed E-state index contributed by atoms with van der Waals surface area (Å²) in [6.45, 7) is 3.98. The zero-order valence-electron chi connectivity index (χ0n) is 16.9. The topological polar surface area (TPSA) is 124 Å². The fraction of sp³-hybridized carbons (Fsp3) is 0.300. The standard InChI is InChI=1S/C18H18N4O3.C2H3N.I2S/c1-10-8-12(4-5-13(10)18(24)25)20-16-15-14(6-7-19-17(15)23)22(21-16)9-11-2-3-11;1-2-3;1-3-2/h4-8,11H,2-3,9H2,1H3,(H,19,23)(H,20,21)(H,24,25);1H3;. The number of aromatic carboxylic acids is 1. The lowest BCUT2D eigenvalue weighted by atomic mass is 10.1. The molecule has 1 aliphatic carbocycles. The van der Waals surface area contributed by atoms with Crippen molar-refractivity contribution in [2.45, 2.75) is 33.2 Å². The first-order valence-corrected chi connectivity index (χ1v) is 15.2. The number of nitrogens with zero attached hydrogens (tertiary/aromatic N) is 3. The highest BCUT2D eigenvalue weighted by Gasteiger charge is 2.24. The van der Waals surface area contributed by atoms with Gasteiger partial charge in [0.2, 0.25) is 0 Å². The molecule has 0 saturated heterocycles. The first-order chi connectivity index (χ1) is 14.9. The van der Waals surface area contributed by atoms with Gasteiger partial charge in [-0.05, 0) is 61.6 Å². The van der Waals surface area contributed by atoms with E-state index in [9.17, 15) is 9.59 Å². The van der Waals surface area contributed by atoms with Crippen LogP contribution in [0.2, 0.25) is 0 Å². The van der Waals surface area contributed by atoms with Crippen LogP contribution in [0.3, 0.4) is 0 Å². The maximum atomic E-state index is 12.3.